The Kier molecular flexibility index (Phi) is 5.90. The first-order valence-electron chi connectivity index (χ1n) is 8.98. The molecule has 3 N–H and O–H groups in total. The third-order valence-corrected chi connectivity index (χ3v) is 4.79. The van der Waals surface area contributed by atoms with E-state index in [1.807, 2.05) is 24.3 Å². The highest BCUT2D eigenvalue weighted by atomic mass is 16.5. The number of hydrogen-bond acceptors (Lipinski definition) is 5. The molecule has 2 amide bonds. The summed E-state index contributed by atoms with van der Waals surface area (Å²) in [5, 5.41) is 2.88. The minimum Gasteiger partial charge on any atom is -0.481 e. The third kappa shape index (κ3) is 4.75. The predicted molar refractivity (Wildman–Crippen MR) is 103 cm³/mol. The van der Waals surface area contributed by atoms with Crippen LogP contribution in [-0.4, -0.2) is 37.0 Å². The molecule has 1 saturated heterocycles. The van der Waals surface area contributed by atoms with Crippen molar-refractivity contribution in [1.29, 1.82) is 0 Å². The molecule has 1 fully saturated rings. The minimum absolute atomic E-state index is 0.0872. The quantitative estimate of drug-likeness (QED) is 0.809. The van der Waals surface area contributed by atoms with Crippen LogP contribution in [0.4, 0.5) is 5.69 Å². The number of ether oxygens (including phenoxy) is 1. The summed E-state index contributed by atoms with van der Waals surface area (Å²) in [5.74, 6) is -0.0316. The van der Waals surface area contributed by atoms with Gasteiger partial charge in [0.2, 0.25) is 11.8 Å². The van der Waals surface area contributed by atoms with E-state index in [0.717, 1.165) is 30.6 Å². The number of methoxy groups -OCH3 is 1. The molecule has 2 heterocycles. The zero-order chi connectivity index (χ0) is 19.2. The van der Waals surface area contributed by atoms with Crippen molar-refractivity contribution in [3.05, 3.63) is 53.7 Å². The van der Waals surface area contributed by atoms with E-state index in [0.29, 0.717) is 24.5 Å². The van der Waals surface area contributed by atoms with Crippen LogP contribution >= 0.6 is 0 Å². The Morgan fingerprint density at radius 3 is 2.67 bits per heavy atom. The number of nitrogens with two attached hydrogens (primary N) is 1. The lowest BCUT2D eigenvalue weighted by Gasteiger charge is -2.33. The second-order valence-corrected chi connectivity index (χ2v) is 6.63. The summed E-state index contributed by atoms with van der Waals surface area (Å²) in [6.45, 7) is 2.01. The van der Waals surface area contributed by atoms with Crippen LogP contribution in [0.1, 0.15) is 28.8 Å². The lowest BCUT2D eigenvalue weighted by Crippen LogP contribution is -2.41. The number of carbonyl (C=O) groups excluding carboxylic acids is 2. The Hall–Kier alpha value is -3.09. The third-order valence-electron chi connectivity index (χ3n) is 4.79. The Bertz CT molecular complexity index is 790. The number of hydrogen-bond donors (Lipinski definition) is 2. The summed E-state index contributed by atoms with van der Waals surface area (Å²) in [6, 6.07) is 11.3. The molecule has 1 aliphatic heterocycles. The van der Waals surface area contributed by atoms with Crippen LogP contribution in [0.25, 0.3) is 0 Å². The maximum Gasteiger partial charge on any atom is 0.253 e. The fourth-order valence-corrected chi connectivity index (χ4v) is 3.19. The van der Waals surface area contributed by atoms with Gasteiger partial charge in [0.15, 0.2) is 0 Å². The summed E-state index contributed by atoms with van der Waals surface area (Å²) in [5.41, 5.74) is 7.99. The van der Waals surface area contributed by atoms with E-state index in [1.165, 1.54) is 13.3 Å². The van der Waals surface area contributed by atoms with Crippen molar-refractivity contribution in [3.63, 3.8) is 0 Å². The number of pyridine rings is 1. The molecular formula is C20H24N4O3. The van der Waals surface area contributed by atoms with Crippen LogP contribution in [0, 0.1) is 5.92 Å². The first-order valence-corrected chi connectivity index (χ1v) is 8.98. The summed E-state index contributed by atoms with van der Waals surface area (Å²) in [7, 11) is 1.53. The van der Waals surface area contributed by atoms with Gasteiger partial charge in [0.05, 0.1) is 18.6 Å². The predicted octanol–water partition coefficient (Wildman–Crippen LogP) is 1.72. The lowest BCUT2D eigenvalue weighted by molar-refractivity contribution is -0.122. The first kappa shape index (κ1) is 18.7. The topological polar surface area (TPSA) is 97.5 Å². The van der Waals surface area contributed by atoms with Crippen molar-refractivity contribution < 1.29 is 14.3 Å². The van der Waals surface area contributed by atoms with Gasteiger partial charge in [-0.3, -0.25) is 9.59 Å². The number of rotatable bonds is 6. The van der Waals surface area contributed by atoms with Crippen LogP contribution in [0.3, 0.4) is 0 Å². The highest BCUT2D eigenvalue weighted by molar-refractivity contribution is 5.93. The average Bonchev–Trinajstić information content (AvgIpc) is 2.72. The molecule has 1 aromatic carbocycles. The molecule has 0 aliphatic carbocycles. The SMILES string of the molecule is COc1ccc(C(=O)NCc2ccc(N3CCC[C@@H](C(N)=O)C3)cc2)cn1. The van der Waals surface area contributed by atoms with Crippen molar-refractivity contribution in [3.8, 4) is 5.88 Å². The number of nitrogens with zero attached hydrogens (tertiary/aromatic N) is 2. The monoisotopic (exact) mass is 368 g/mol. The zero-order valence-electron chi connectivity index (χ0n) is 15.4. The average molecular weight is 368 g/mol. The van der Waals surface area contributed by atoms with Crippen molar-refractivity contribution in [1.82, 2.24) is 10.3 Å². The Balaban J connectivity index is 1.55. The fourth-order valence-electron chi connectivity index (χ4n) is 3.19. The van der Waals surface area contributed by atoms with Gasteiger partial charge in [0, 0.05) is 37.6 Å². The number of piperidine rings is 1. The van der Waals surface area contributed by atoms with Crippen LogP contribution in [-0.2, 0) is 11.3 Å². The van der Waals surface area contributed by atoms with Crippen molar-refractivity contribution in [2.75, 3.05) is 25.1 Å². The van der Waals surface area contributed by atoms with Gasteiger partial charge in [0.1, 0.15) is 0 Å². The standard InChI is InChI=1S/C20H24N4O3/c1-27-18-9-6-15(12-22-18)20(26)23-11-14-4-7-17(8-5-14)24-10-2-3-16(13-24)19(21)25/h4-9,12,16H,2-3,10-11,13H2,1H3,(H2,21,25)(H,23,26)/t16-/m1/s1. The lowest BCUT2D eigenvalue weighted by atomic mass is 9.97. The number of nitrogens with one attached hydrogen (secondary N) is 1. The Labute approximate surface area is 158 Å². The van der Waals surface area contributed by atoms with E-state index in [1.54, 1.807) is 12.1 Å². The van der Waals surface area contributed by atoms with Crippen LogP contribution in [0.5, 0.6) is 5.88 Å². The second kappa shape index (κ2) is 8.53. The summed E-state index contributed by atoms with van der Waals surface area (Å²) in [6.07, 6.45) is 3.31. The van der Waals surface area contributed by atoms with E-state index in [2.05, 4.69) is 15.2 Å². The maximum atomic E-state index is 12.2. The van der Waals surface area contributed by atoms with Gasteiger partial charge in [-0.1, -0.05) is 12.1 Å². The molecule has 3 rings (SSSR count). The molecule has 7 nitrogen and oxygen atoms in total. The highest BCUT2D eigenvalue weighted by Gasteiger charge is 2.24. The minimum atomic E-state index is -0.230. The molecule has 0 radical (unpaired) electrons. The summed E-state index contributed by atoms with van der Waals surface area (Å²) in [4.78, 5) is 29.8. The number of benzene rings is 1. The van der Waals surface area contributed by atoms with Crippen molar-refractivity contribution >= 4 is 17.5 Å². The molecule has 27 heavy (non-hydrogen) atoms. The molecule has 0 unspecified atom stereocenters. The zero-order valence-corrected chi connectivity index (χ0v) is 15.4. The molecule has 0 bridgehead atoms. The molecule has 2 aromatic rings. The second-order valence-electron chi connectivity index (χ2n) is 6.63. The number of aromatic nitrogens is 1. The van der Waals surface area contributed by atoms with Gasteiger partial charge < -0.3 is 20.7 Å². The van der Waals surface area contributed by atoms with Crippen LogP contribution < -0.4 is 20.7 Å². The van der Waals surface area contributed by atoms with Crippen molar-refractivity contribution in [2.24, 2.45) is 11.7 Å². The van der Waals surface area contributed by atoms with E-state index >= 15 is 0 Å². The molecule has 1 aliphatic rings. The van der Waals surface area contributed by atoms with Gasteiger partial charge in [-0.15, -0.1) is 0 Å². The van der Waals surface area contributed by atoms with E-state index < -0.39 is 0 Å². The highest BCUT2D eigenvalue weighted by Crippen LogP contribution is 2.23. The molecule has 1 aromatic heterocycles. The number of amides is 2. The molecule has 0 spiro atoms. The summed E-state index contributed by atoms with van der Waals surface area (Å²) >= 11 is 0. The van der Waals surface area contributed by atoms with Gasteiger partial charge in [-0.2, -0.15) is 0 Å². The van der Waals surface area contributed by atoms with E-state index in [4.69, 9.17) is 10.5 Å². The van der Waals surface area contributed by atoms with Crippen LogP contribution in [0.15, 0.2) is 42.6 Å². The number of anilines is 1. The molecule has 1 atom stereocenters. The Morgan fingerprint density at radius 2 is 2.04 bits per heavy atom. The maximum absolute atomic E-state index is 12.2. The van der Waals surface area contributed by atoms with Gasteiger partial charge >= 0.3 is 0 Å². The van der Waals surface area contributed by atoms with Crippen LogP contribution in [0.2, 0.25) is 0 Å². The van der Waals surface area contributed by atoms with Gasteiger partial charge in [0.25, 0.3) is 5.91 Å². The Morgan fingerprint density at radius 1 is 1.26 bits per heavy atom. The van der Waals surface area contributed by atoms with E-state index in [9.17, 15) is 9.59 Å². The normalized spacial score (nSPS) is 16.6. The molecular weight excluding hydrogens is 344 g/mol. The largest absolute Gasteiger partial charge is 0.481 e. The summed E-state index contributed by atoms with van der Waals surface area (Å²) < 4.78 is 4.99. The molecule has 0 saturated carbocycles. The smallest absolute Gasteiger partial charge is 0.253 e. The van der Waals surface area contributed by atoms with E-state index in [-0.39, 0.29) is 17.7 Å². The number of primary amides is 1. The molecule has 142 valence electrons. The number of carbonyl (C=O) groups is 2. The molecule has 7 heteroatoms. The first-order chi connectivity index (χ1) is 13.1. The van der Waals surface area contributed by atoms with Gasteiger partial charge in [-0.25, -0.2) is 4.98 Å². The van der Waals surface area contributed by atoms with Gasteiger partial charge in [-0.05, 0) is 36.6 Å². The fraction of sp³-hybridized carbons (Fsp3) is 0.350. The van der Waals surface area contributed by atoms with Crippen molar-refractivity contribution in [2.45, 2.75) is 19.4 Å².